The van der Waals surface area contributed by atoms with Gasteiger partial charge < -0.3 is 10.6 Å². The summed E-state index contributed by atoms with van der Waals surface area (Å²) >= 11 is 7.48. The van der Waals surface area contributed by atoms with Gasteiger partial charge in [0.15, 0.2) is 0 Å². The molecule has 0 aliphatic heterocycles. The number of aryl methyl sites for hydroxylation is 1. The quantitative estimate of drug-likeness (QED) is 0.368. The molecule has 4 heterocycles. The Bertz CT molecular complexity index is 1350. The highest BCUT2D eigenvalue weighted by atomic mass is 35.5. The van der Waals surface area contributed by atoms with E-state index in [0.29, 0.717) is 34.5 Å². The summed E-state index contributed by atoms with van der Waals surface area (Å²) in [5.74, 6) is -0.0320. The van der Waals surface area contributed by atoms with Crippen molar-refractivity contribution in [1.82, 2.24) is 29.9 Å². The zero-order chi connectivity index (χ0) is 24.4. The Hall–Kier alpha value is -3.24. The van der Waals surface area contributed by atoms with E-state index in [2.05, 4.69) is 25.8 Å². The van der Waals surface area contributed by atoms with E-state index >= 15 is 0 Å². The van der Waals surface area contributed by atoms with E-state index in [0.717, 1.165) is 28.8 Å². The second-order valence-electron chi connectivity index (χ2n) is 8.93. The van der Waals surface area contributed by atoms with Crippen LogP contribution in [0.1, 0.15) is 46.7 Å². The standard InChI is InChI=1S/C24H26ClN7O2S/c1-31-13-17(11-27-31)29-23(33)19(8-15-4-2-3-5-15)30-24(34)22-7-6-18(35-22)14-32-21-9-16(25)10-26-20(21)12-28-32/h6-7,9-13,15,19H,2-5,8,14H2,1H3,(H,29,33)(H,30,34)/t19-/m0/s1. The molecule has 1 aliphatic carbocycles. The first-order valence-electron chi connectivity index (χ1n) is 11.6. The Balaban J connectivity index is 1.28. The van der Waals surface area contributed by atoms with E-state index in [1.54, 1.807) is 42.6 Å². The van der Waals surface area contributed by atoms with Gasteiger partial charge in [-0.05, 0) is 30.5 Å². The topological polar surface area (TPSA) is 107 Å². The Labute approximate surface area is 211 Å². The van der Waals surface area contributed by atoms with Gasteiger partial charge in [-0.25, -0.2) is 0 Å². The second-order valence-corrected chi connectivity index (χ2v) is 10.5. The van der Waals surface area contributed by atoms with Gasteiger partial charge in [-0.15, -0.1) is 11.3 Å². The minimum absolute atomic E-state index is 0.220. The number of carbonyl (C=O) groups is 2. The number of anilines is 1. The fourth-order valence-corrected chi connectivity index (χ4v) is 5.59. The Morgan fingerprint density at radius 3 is 2.80 bits per heavy atom. The molecule has 0 unspecified atom stereocenters. The molecule has 2 N–H and O–H groups in total. The van der Waals surface area contributed by atoms with E-state index in [-0.39, 0.29) is 11.8 Å². The summed E-state index contributed by atoms with van der Waals surface area (Å²) in [6.45, 7) is 0.496. The molecular weight excluding hydrogens is 486 g/mol. The molecule has 0 spiro atoms. The number of carbonyl (C=O) groups excluding carboxylic acids is 2. The van der Waals surface area contributed by atoms with Crippen LogP contribution in [0, 0.1) is 5.92 Å². The van der Waals surface area contributed by atoms with Crippen LogP contribution in [0.25, 0.3) is 11.0 Å². The Morgan fingerprint density at radius 1 is 1.20 bits per heavy atom. The molecule has 2 amide bonds. The highest BCUT2D eigenvalue weighted by Crippen LogP contribution is 2.29. The number of pyridine rings is 1. The number of aromatic nitrogens is 5. The molecule has 1 saturated carbocycles. The van der Waals surface area contributed by atoms with E-state index in [9.17, 15) is 9.59 Å². The number of nitrogens with one attached hydrogen (secondary N) is 2. The van der Waals surface area contributed by atoms with Crippen molar-refractivity contribution in [3.05, 3.63) is 57.8 Å². The van der Waals surface area contributed by atoms with Crippen molar-refractivity contribution in [2.24, 2.45) is 13.0 Å². The fourth-order valence-electron chi connectivity index (χ4n) is 4.55. The molecule has 1 atom stereocenters. The third-order valence-corrected chi connectivity index (χ3v) is 7.57. The lowest BCUT2D eigenvalue weighted by Gasteiger charge is -2.21. The van der Waals surface area contributed by atoms with Crippen molar-refractivity contribution in [2.45, 2.75) is 44.7 Å². The molecule has 4 aromatic rings. The summed E-state index contributed by atoms with van der Waals surface area (Å²) in [4.78, 5) is 32.0. The van der Waals surface area contributed by atoms with Crippen LogP contribution < -0.4 is 10.6 Å². The lowest BCUT2D eigenvalue weighted by molar-refractivity contribution is -0.118. The highest BCUT2D eigenvalue weighted by molar-refractivity contribution is 7.14. The smallest absolute Gasteiger partial charge is 0.262 e. The highest BCUT2D eigenvalue weighted by Gasteiger charge is 2.27. The SMILES string of the molecule is Cn1cc(NC(=O)[C@H](CC2CCCC2)NC(=O)c2ccc(Cn3ncc4ncc(Cl)cc43)s2)cn1. The summed E-state index contributed by atoms with van der Waals surface area (Å²) in [6.07, 6.45) is 11.8. The number of nitrogens with zero attached hydrogens (tertiary/aromatic N) is 5. The molecule has 9 nitrogen and oxygen atoms in total. The fraction of sp³-hybridized carbons (Fsp3) is 0.375. The maximum atomic E-state index is 13.1. The Morgan fingerprint density at radius 2 is 2.03 bits per heavy atom. The number of halogens is 1. The van der Waals surface area contributed by atoms with E-state index in [4.69, 9.17) is 11.6 Å². The van der Waals surface area contributed by atoms with Crippen molar-refractivity contribution < 1.29 is 9.59 Å². The first-order chi connectivity index (χ1) is 16.9. The maximum Gasteiger partial charge on any atom is 0.262 e. The molecule has 35 heavy (non-hydrogen) atoms. The number of amides is 2. The zero-order valence-electron chi connectivity index (χ0n) is 19.3. The van der Waals surface area contributed by atoms with Gasteiger partial charge in [-0.2, -0.15) is 10.2 Å². The van der Waals surface area contributed by atoms with Crippen LogP contribution in [0.4, 0.5) is 5.69 Å². The first kappa shape index (κ1) is 23.5. The van der Waals surface area contributed by atoms with E-state index in [1.165, 1.54) is 24.2 Å². The molecular formula is C24H26ClN7O2S. The van der Waals surface area contributed by atoms with Gasteiger partial charge in [-0.3, -0.25) is 23.9 Å². The molecule has 4 aromatic heterocycles. The number of rotatable bonds is 8. The van der Waals surface area contributed by atoms with Crippen LogP contribution >= 0.6 is 22.9 Å². The van der Waals surface area contributed by atoms with Gasteiger partial charge in [-0.1, -0.05) is 37.3 Å². The summed E-state index contributed by atoms with van der Waals surface area (Å²) in [7, 11) is 1.79. The average Bonchev–Trinajstić information content (AvgIpc) is 3.63. The minimum Gasteiger partial charge on any atom is -0.340 e. The van der Waals surface area contributed by atoms with Gasteiger partial charge >= 0.3 is 0 Å². The van der Waals surface area contributed by atoms with Gasteiger partial charge in [0.2, 0.25) is 5.91 Å². The van der Waals surface area contributed by atoms with Gasteiger partial charge in [0.05, 0.1) is 40.0 Å². The van der Waals surface area contributed by atoms with Gasteiger partial charge in [0.25, 0.3) is 5.91 Å². The van der Waals surface area contributed by atoms with Crippen LogP contribution in [0.5, 0.6) is 0 Å². The summed E-state index contributed by atoms with van der Waals surface area (Å²) in [5.41, 5.74) is 2.21. The molecule has 1 aliphatic rings. The third kappa shape index (κ3) is 5.54. The van der Waals surface area contributed by atoms with E-state index in [1.807, 2.05) is 16.8 Å². The maximum absolute atomic E-state index is 13.1. The molecule has 182 valence electrons. The summed E-state index contributed by atoms with van der Waals surface area (Å²) in [6, 6.07) is 4.91. The summed E-state index contributed by atoms with van der Waals surface area (Å²) in [5, 5.41) is 14.9. The molecule has 0 aromatic carbocycles. The van der Waals surface area contributed by atoms with Crippen LogP contribution in [0.2, 0.25) is 5.02 Å². The number of hydrogen-bond acceptors (Lipinski definition) is 6. The first-order valence-corrected chi connectivity index (χ1v) is 12.8. The van der Waals surface area contributed by atoms with Crippen molar-refractivity contribution in [3.8, 4) is 0 Å². The lowest BCUT2D eigenvalue weighted by atomic mass is 9.97. The molecule has 5 rings (SSSR count). The second kappa shape index (κ2) is 10.2. The normalized spacial score (nSPS) is 14.9. The van der Waals surface area contributed by atoms with Crippen LogP contribution in [0.15, 0.2) is 43.0 Å². The van der Waals surface area contributed by atoms with Gasteiger partial charge in [0, 0.05) is 24.3 Å². The lowest BCUT2D eigenvalue weighted by Crippen LogP contribution is -2.44. The summed E-state index contributed by atoms with van der Waals surface area (Å²) < 4.78 is 3.44. The van der Waals surface area contributed by atoms with Crippen molar-refractivity contribution in [2.75, 3.05) is 5.32 Å². The molecule has 1 fully saturated rings. The van der Waals surface area contributed by atoms with Crippen molar-refractivity contribution in [3.63, 3.8) is 0 Å². The van der Waals surface area contributed by atoms with E-state index < -0.39 is 6.04 Å². The molecule has 0 bridgehead atoms. The molecule has 0 radical (unpaired) electrons. The largest absolute Gasteiger partial charge is 0.340 e. The van der Waals surface area contributed by atoms with Crippen LogP contribution in [0.3, 0.4) is 0 Å². The monoisotopic (exact) mass is 511 g/mol. The average molecular weight is 512 g/mol. The molecule has 11 heteroatoms. The third-order valence-electron chi connectivity index (χ3n) is 6.29. The predicted octanol–water partition coefficient (Wildman–Crippen LogP) is 4.25. The van der Waals surface area contributed by atoms with Gasteiger partial charge in [0.1, 0.15) is 11.6 Å². The molecule has 0 saturated heterocycles. The van der Waals surface area contributed by atoms with Crippen molar-refractivity contribution >= 4 is 51.5 Å². The minimum atomic E-state index is -0.611. The number of hydrogen-bond donors (Lipinski definition) is 2. The Kier molecular flexibility index (Phi) is 6.83. The van der Waals surface area contributed by atoms with Crippen LogP contribution in [-0.4, -0.2) is 42.4 Å². The zero-order valence-corrected chi connectivity index (χ0v) is 20.8. The number of thiophene rings is 1. The predicted molar refractivity (Wildman–Crippen MR) is 136 cm³/mol. The van der Waals surface area contributed by atoms with Crippen molar-refractivity contribution in [1.29, 1.82) is 0 Å². The number of fused-ring (bicyclic) bond motifs is 1. The van der Waals surface area contributed by atoms with Crippen LogP contribution in [-0.2, 0) is 18.4 Å².